The van der Waals surface area contributed by atoms with Gasteiger partial charge in [0, 0.05) is 12.2 Å². The first kappa shape index (κ1) is 16.7. The number of hydrogen-bond acceptors (Lipinski definition) is 4. The molecule has 2 aromatic rings. The molecular formula is C18H24N4O2. The number of hydrogen-bond donors (Lipinski definition) is 3. The van der Waals surface area contributed by atoms with Crippen LogP contribution in [0.25, 0.3) is 11.3 Å². The van der Waals surface area contributed by atoms with E-state index in [2.05, 4.69) is 20.4 Å². The number of carbonyl (C=O) groups excluding carboxylic acids is 1. The van der Waals surface area contributed by atoms with E-state index >= 15 is 0 Å². The van der Waals surface area contributed by atoms with Crippen molar-refractivity contribution in [3.05, 3.63) is 36.0 Å². The molecule has 1 fully saturated rings. The number of carbonyl (C=O) groups is 1. The molecule has 128 valence electrons. The van der Waals surface area contributed by atoms with Crippen LogP contribution in [0, 0.1) is 12.8 Å². The van der Waals surface area contributed by atoms with Gasteiger partial charge in [-0.1, -0.05) is 30.3 Å². The molecule has 0 aliphatic carbocycles. The number of aromatic nitrogens is 2. The van der Waals surface area contributed by atoms with Crippen LogP contribution in [0.2, 0.25) is 0 Å². The van der Waals surface area contributed by atoms with E-state index in [0.29, 0.717) is 12.5 Å². The largest absolute Gasteiger partial charge is 0.396 e. The molecule has 0 bridgehead atoms. The number of rotatable bonds is 5. The van der Waals surface area contributed by atoms with Crippen LogP contribution in [0.1, 0.15) is 18.5 Å². The molecule has 0 radical (unpaired) electrons. The Bertz CT molecular complexity index is 676. The fraction of sp³-hybridized carbons (Fsp3) is 0.444. The minimum atomic E-state index is -0.0286. The summed E-state index contributed by atoms with van der Waals surface area (Å²) in [4.78, 5) is 14.6. The molecule has 6 nitrogen and oxygen atoms in total. The van der Waals surface area contributed by atoms with Gasteiger partial charge in [0.25, 0.3) is 0 Å². The van der Waals surface area contributed by atoms with Crippen molar-refractivity contribution in [3.8, 4) is 11.3 Å². The highest BCUT2D eigenvalue weighted by Gasteiger charge is 2.21. The maximum Gasteiger partial charge on any atom is 0.238 e. The number of aryl methyl sites for hydroxylation is 1. The van der Waals surface area contributed by atoms with E-state index in [4.69, 9.17) is 0 Å². The third-order valence-corrected chi connectivity index (χ3v) is 4.59. The molecule has 0 atom stereocenters. The van der Waals surface area contributed by atoms with Crippen molar-refractivity contribution in [2.24, 2.45) is 5.92 Å². The number of likely N-dealkylation sites (tertiary alicyclic amines) is 1. The van der Waals surface area contributed by atoms with Crippen molar-refractivity contribution in [2.45, 2.75) is 19.8 Å². The van der Waals surface area contributed by atoms with Gasteiger partial charge in [-0.25, -0.2) is 0 Å². The lowest BCUT2D eigenvalue weighted by Crippen LogP contribution is -2.39. The summed E-state index contributed by atoms with van der Waals surface area (Å²) in [6, 6.07) is 9.82. The lowest BCUT2D eigenvalue weighted by molar-refractivity contribution is -0.117. The molecule has 6 heteroatoms. The second-order valence-corrected chi connectivity index (χ2v) is 6.39. The Labute approximate surface area is 141 Å². The molecule has 0 spiro atoms. The summed E-state index contributed by atoms with van der Waals surface area (Å²) in [6.07, 6.45) is 1.90. The Balaban J connectivity index is 1.64. The van der Waals surface area contributed by atoms with Crippen molar-refractivity contribution >= 4 is 11.6 Å². The van der Waals surface area contributed by atoms with Crippen LogP contribution in [-0.4, -0.2) is 52.4 Å². The first-order valence-electron chi connectivity index (χ1n) is 8.41. The fourth-order valence-corrected chi connectivity index (χ4v) is 3.10. The molecule has 3 N–H and O–H groups in total. The fourth-order valence-electron chi connectivity index (χ4n) is 3.10. The highest BCUT2D eigenvalue weighted by Crippen LogP contribution is 2.28. The number of benzene rings is 1. The number of aromatic amines is 1. The minimum absolute atomic E-state index is 0.0286. The smallest absolute Gasteiger partial charge is 0.238 e. The minimum Gasteiger partial charge on any atom is -0.396 e. The Kier molecular flexibility index (Phi) is 5.27. The van der Waals surface area contributed by atoms with Gasteiger partial charge in [-0.2, -0.15) is 5.10 Å². The average Bonchev–Trinajstić information content (AvgIpc) is 2.97. The van der Waals surface area contributed by atoms with Crippen molar-refractivity contribution in [2.75, 3.05) is 31.6 Å². The number of anilines is 1. The van der Waals surface area contributed by atoms with Gasteiger partial charge in [-0.15, -0.1) is 0 Å². The first-order chi connectivity index (χ1) is 11.7. The van der Waals surface area contributed by atoms with Crippen LogP contribution in [0.3, 0.4) is 0 Å². The predicted molar refractivity (Wildman–Crippen MR) is 93.6 cm³/mol. The molecule has 24 heavy (non-hydrogen) atoms. The summed E-state index contributed by atoms with van der Waals surface area (Å²) in [5, 5.41) is 19.5. The van der Waals surface area contributed by atoms with Gasteiger partial charge in [0.1, 0.15) is 5.69 Å². The lowest BCUT2D eigenvalue weighted by atomic mass is 9.98. The highest BCUT2D eigenvalue weighted by atomic mass is 16.3. The van der Waals surface area contributed by atoms with Gasteiger partial charge in [-0.3, -0.25) is 14.8 Å². The van der Waals surface area contributed by atoms with Gasteiger partial charge in [0.2, 0.25) is 5.91 Å². The van der Waals surface area contributed by atoms with E-state index in [1.165, 1.54) is 0 Å². The van der Waals surface area contributed by atoms with Crippen LogP contribution in [0.4, 0.5) is 5.69 Å². The number of nitrogens with one attached hydrogen (secondary N) is 2. The zero-order valence-electron chi connectivity index (χ0n) is 14.0. The summed E-state index contributed by atoms with van der Waals surface area (Å²) in [7, 11) is 0. The molecule has 2 heterocycles. The van der Waals surface area contributed by atoms with E-state index in [1.807, 2.05) is 37.3 Å². The summed E-state index contributed by atoms with van der Waals surface area (Å²) in [5.41, 5.74) is 3.33. The Morgan fingerprint density at radius 2 is 2.04 bits per heavy atom. The molecule has 3 rings (SSSR count). The van der Waals surface area contributed by atoms with Crippen LogP contribution in [0.15, 0.2) is 30.3 Å². The maximum absolute atomic E-state index is 12.4. The molecule has 1 aliphatic rings. The number of H-pyrrole nitrogens is 1. The summed E-state index contributed by atoms with van der Waals surface area (Å²) in [5.74, 6) is 0.351. The molecule has 1 aromatic heterocycles. The first-order valence-corrected chi connectivity index (χ1v) is 8.41. The monoisotopic (exact) mass is 328 g/mol. The number of piperidine rings is 1. The predicted octanol–water partition coefficient (Wildman–Crippen LogP) is 2.03. The lowest BCUT2D eigenvalue weighted by Gasteiger charge is -2.30. The van der Waals surface area contributed by atoms with Crippen LogP contribution in [-0.2, 0) is 4.79 Å². The maximum atomic E-state index is 12.4. The Morgan fingerprint density at radius 1 is 1.33 bits per heavy atom. The molecule has 1 amide bonds. The summed E-state index contributed by atoms with van der Waals surface area (Å²) in [6.45, 7) is 4.23. The van der Waals surface area contributed by atoms with Crippen molar-refractivity contribution in [1.82, 2.24) is 15.1 Å². The van der Waals surface area contributed by atoms with Gasteiger partial charge in [0.05, 0.1) is 17.9 Å². The normalized spacial score (nSPS) is 16.2. The third-order valence-electron chi connectivity index (χ3n) is 4.59. The van der Waals surface area contributed by atoms with E-state index in [9.17, 15) is 9.90 Å². The van der Waals surface area contributed by atoms with Crippen LogP contribution < -0.4 is 5.32 Å². The van der Waals surface area contributed by atoms with Gasteiger partial charge < -0.3 is 10.4 Å². The molecule has 0 saturated carbocycles. The average molecular weight is 328 g/mol. The van der Waals surface area contributed by atoms with E-state index in [1.54, 1.807) is 0 Å². The van der Waals surface area contributed by atoms with Gasteiger partial charge >= 0.3 is 0 Å². The van der Waals surface area contributed by atoms with Crippen molar-refractivity contribution in [3.63, 3.8) is 0 Å². The summed E-state index contributed by atoms with van der Waals surface area (Å²) < 4.78 is 0. The number of aliphatic hydroxyl groups excluding tert-OH is 1. The van der Waals surface area contributed by atoms with Crippen LogP contribution >= 0.6 is 0 Å². The third kappa shape index (κ3) is 3.83. The van der Waals surface area contributed by atoms with Crippen molar-refractivity contribution < 1.29 is 9.90 Å². The second-order valence-electron chi connectivity index (χ2n) is 6.39. The zero-order valence-corrected chi connectivity index (χ0v) is 14.0. The standard InChI is InChI=1S/C18H24N4O2/c1-13-17(18(21-20-13)15-5-3-2-4-6-15)19-16(24)11-22-9-7-14(12-23)8-10-22/h2-6,14,23H,7-12H2,1H3,(H,19,24)(H,20,21). The number of nitrogens with zero attached hydrogens (tertiary/aromatic N) is 2. The Hall–Kier alpha value is -2.18. The van der Waals surface area contributed by atoms with Gasteiger partial charge in [-0.05, 0) is 38.8 Å². The van der Waals surface area contributed by atoms with Gasteiger partial charge in [0.15, 0.2) is 0 Å². The quantitative estimate of drug-likeness (QED) is 0.784. The summed E-state index contributed by atoms with van der Waals surface area (Å²) >= 11 is 0. The number of amides is 1. The number of aliphatic hydroxyl groups is 1. The Morgan fingerprint density at radius 3 is 2.71 bits per heavy atom. The molecule has 1 aliphatic heterocycles. The van der Waals surface area contributed by atoms with E-state index in [-0.39, 0.29) is 12.5 Å². The molecule has 1 aromatic carbocycles. The highest BCUT2D eigenvalue weighted by molar-refractivity contribution is 5.96. The molecule has 1 saturated heterocycles. The molecule has 0 unspecified atom stereocenters. The topological polar surface area (TPSA) is 81.2 Å². The van der Waals surface area contributed by atoms with E-state index < -0.39 is 0 Å². The zero-order chi connectivity index (χ0) is 16.9. The molecular weight excluding hydrogens is 304 g/mol. The second kappa shape index (κ2) is 7.59. The van der Waals surface area contributed by atoms with Crippen LogP contribution in [0.5, 0.6) is 0 Å². The van der Waals surface area contributed by atoms with E-state index in [0.717, 1.165) is 48.6 Å². The van der Waals surface area contributed by atoms with Crippen molar-refractivity contribution in [1.29, 1.82) is 0 Å². The SMILES string of the molecule is Cc1[nH]nc(-c2ccccc2)c1NC(=O)CN1CCC(CO)CC1.